The standard InChI is InChI=1S/C10H15BrN2O3/c1-2-3-5-16-6-4-13-9(14)8(11)7-12-10(13)15/h7H,2-6H2,1H3,(H,12,15). The van der Waals surface area contributed by atoms with Gasteiger partial charge in [-0.1, -0.05) is 13.3 Å². The van der Waals surface area contributed by atoms with Crippen molar-refractivity contribution in [2.24, 2.45) is 0 Å². The van der Waals surface area contributed by atoms with E-state index in [-0.39, 0.29) is 12.1 Å². The molecule has 90 valence electrons. The molecule has 0 aromatic carbocycles. The second kappa shape index (κ2) is 6.65. The van der Waals surface area contributed by atoms with Crippen molar-refractivity contribution in [3.05, 3.63) is 31.5 Å². The summed E-state index contributed by atoms with van der Waals surface area (Å²) < 4.78 is 6.77. The summed E-state index contributed by atoms with van der Waals surface area (Å²) in [5, 5.41) is 0. The Labute approximate surface area is 102 Å². The van der Waals surface area contributed by atoms with E-state index in [1.54, 1.807) is 0 Å². The third kappa shape index (κ3) is 3.61. The maximum absolute atomic E-state index is 11.5. The van der Waals surface area contributed by atoms with Gasteiger partial charge in [0.25, 0.3) is 5.56 Å². The minimum Gasteiger partial charge on any atom is -0.380 e. The lowest BCUT2D eigenvalue weighted by atomic mass is 10.4. The summed E-state index contributed by atoms with van der Waals surface area (Å²) >= 11 is 3.07. The summed E-state index contributed by atoms with van der Waals surface area (Å²) in [5.74, 6) is 0. The molecule has 0 saturated carbocycles. The normalized spacial score (nSPS) is 10.6. The van der Waals surface area contributed by atoms with Crippen molar-refractivity contribution in [3.63, 3.8) is 0 Å². The Bertz CT molecular complexity index is 438. The summed E-state index contributed by atoms with van der Waals surface area (Å²) in [6.45, 7) is 3.39. The molecule has 0 amide bonds. The maximum Gasteiger partial charge on any atom is 0.328 e. The first-order chi connectivity index (χ1) is 7.66. The van der Waals surface area contributed by atoms with Gasteiger partial charge in [-0.05, 0) is 22.4 Å². The fourth-order valence-electron chi connectivity index (χ4n) is 1.19. The number of ether oxygens (including phenoxy) is 1. The maximum atomic E-state index is 11.5. The van der Waals surface area contributed by atoms with Crippen molar-refractivity contribution < 1.29 is 4.74 Å². The SMILES string of the molecule is CCCCOCCn1c(=O)[nH]cc(Br)c1=O. The Morgan fingerprint density at radius 2 is 2.19 bits per heavy atom. The zero-order valence-corrected chi connectivity index (χ0v) is 10.7. The largest absolute Gasteiger partial charge is 0.380 e. The number of H-pyrrole nitrogens is 1. The van der Waals surface area contributed by atoms with Gasteiger partial charge in [-0.3, -0.25) is 9.36 Å². The number of aromatic amines is 1. The van der Waals surface area contributed by atoms with Crippen molar-refractivity contribution in [3.8, 4) is 0 Å². The molecular weight excluding hydrogens is 276 g/mol. The molecule has 0 aliphatic heterocycles. The van der Waals surface area contributed by atoms with Crippen molar-refractivity contribution >= 4 is 15.9 Å². The van der Waals surface area contributed by atoms with Gasteiger partial charge in [0.05, 0.1) is 17.6 Å². The molecule has 0 unspecified atom stereocenters. The van der Waals surface area contributed by atoms with Crippen LogP contribution < -0.4 is 11.2 Å². The van der Waals surface area contributed by atoms with Crippen LogP contribution in [0.15, 0.2) is 20.3 Å². The second-order valence-corrected chi connectivity index (χ2v) is 4.22. The van der Waals surface area contributed by atoms with Gasteiger partial charge in [-0.2, -0.15) is 0 Å². The first kappa shape index (κ1) is 13.2. The van der Waals surface area contributed by atoms with Gasteiger partial charge in [0.2, 0.25) is 0 Å². The third-order valence-electron chi connectivity index (χ3n) is 2.12. The number of unbranched alkanes of at least 4 members (excludes halogenated alkanes) is 1. The van der Waals surface area contributed by atoms with Gasteiger partial charge in [0.15, 0.2) is 0 Å². The topological polar surface area (TPSA) is 64.1 Å². The van der Waals surface area contributed by atoms with Crippen LogP contribution in [0.3, 0.4) is 0 Å². The molecule has 0 aliphatic rings. The molecule has 0 bridgehead atoms. The molecule has 0 atom stereocenters. The zero-order chi connectivity index (χ0) is 12.0. The highest BCUT2D eigenvalue weighted by atomic mass is 79.9. The van der Waals surface area contributed by atoms with E-state index in [0.29, 0.717) is 17.7 Å². The van der Waals surface area contributed by atoms with Crippen molar-refractivity contribution in [2.45, 2.75) is 26.3 Å². The average Bonchev–Trinajstić information content (AvgIpc) is 2.28. The van der Waals surface area contributed by atoms with Crippen LogP contribution in [0.1, 0.15) is 19.8 Å². The summed E-state index contributed by atoms with van der Waals surface area (Å²) in [4.78, 5) is 25.4. The second-order valence-electron chi connectivity index (χ2n) is 3.36. The molecular formula is C10H15BrN2O3. The van der Waals surface area contributed by atoms with Crippen LogP contribution >= 0.6 is 15.9 Å². The van der Waals surface area contributed by atoms with E-state index in [9.17, 15) is 9.59 Å². The number of nitrogens with one attached hydrogen (secondary N) is 1. The van der Waals surface area contributed by atoms with Gasteiger partial charge in [-0.15, -0.1) is 0 Å². The summed E-state index contributed by atoms with van der Waals surface area (Å²) in [6.07, 6.45) is 3.40. The predicted molar refractivity (Wildman–Crippen MR) is 64.7 cm³/mol. The minimum absolute atomic E-state index is 0.275. The Balaban J connectivity index is 2.57. The molecule has 0 aliphatic carbocycles. The molecule has 6 heteroatoms. The highest BCUT2D eigenvalue weighted by molar-refractivity contribution is 9.10. The molecule has 1 aromatic heterocycles. The molecule has 1 heterocycles. The van der Waals surface area contributed by atoms with E-state index in [1.807, 2.05) is 0 Å². The molecule has 1 N–H and O–H groups in total. The van der Waals surface area contributed by atoms with Crippen LogP contribution in [-0.4, -0.2) is 22.8 Å². The highest BCUT2D eigenvalue weighted by Gasteiger charge is 2.04. The van der Waals surface area contributed by atoms with Crippen LogP contribution in [0.2, 0.25) is 0 Å². The van der Waals surface area contributed by atoms with Gasteiger partial charge < -0.3 is 9.72 Å². The predicted octanol–water partition coefficient (Wildman–Crippen LogP) is 1.12. The van der Waals surface area contributed by atoms with Crippen LogP contribution in [0.4, 0.5) is 0 Å². The minimum atomic E-state index is -0.410. The molecule has 16 heavy (non-hydrogen) atoms. The van der Waals surface area contributed by atoms with Crippen molar-refractivity contribution in [2.75, 3.05) is 13.2 Å². The van der Waals surface area contributed by atoms with Crippen molar-refractivity contribution in [1.29, 1.82) is 0 Å². The van der Waals surface area contributed by atoms with Gasteiger partial charge in [-0.25, -0.2) is 4.79 Å². The van der Waals surface area contributed by atoms with E-state index in [0.717, 1.165) is 17.4 Å². The molecule has 0 saturated heterocycles. The van der Waals surface area contributed by atoms with Gasteiger partial charge in [0.1, 0.15) is 0 Å². The molecule has 0 spiro atoms. The number of rotatable bonds is 6. The first-order valence-electron chi connectivity index (χ1n) is 5.22. The van der Waals surface area contributed by atoms with Crippen LogP contribution in [-0.2, 0) is 11.3 Å². The van der Waals surface area contributed by atoms with Crippen LogP contribution in [0.5, 0.6) is 0 Å². The van der Waals surface area contributed by atoms with E-state index >= 15 is 0 Å². The lowest BCUT2D eigenvalue weighted by Crippen LogP contribution is -2.36. The first-order valence-corrected chi connectivity index (χ1v) is 6.02. The zero-order valence-electron chi connectivity index (χ0n) is 9.16. The van der Waals surface area contributed by atoms with Crippen LogP contribution in [0, 0.1) is 0 Å². The smallest absolute Gasteiger partial charge is 0.328 e. The molecule has 0 radical (unpaired) electrons. The molecule has 1 aromatic rings. The number of halogens is 1. The third-order valence-corrected chi connectivity index (χ3v) is 2.69. The summed E-state index contributed by atoms with van der Waals surface area (Å²) in [5.41, 5.74) is -0.741. The fourth-order valence-corrected chi connectivity index (χ4v) is 1.52. The monoisotopic (exact) mass is 290 g/mol. The number of nitrogens with zero attached hydrogens (tertiary/aromatic N) is 1. The van der Waals surface area contributed by atoms with Gasteiger partial charge >= 0.3 is 5.69 Å². The highest BCUT2D eigenvalue weighted by Crippen LogP contribution is 1.96. The average molecular weight is 291 g/mol. The number of aromatic nitrogens is 2. The quantitative estimate of drug-likeness (QED) is 0.799. The van der Waals surface area contributed by atoms with E-state index in [4.69, 9.17) is 4.74 Å². The number of hydrogen-bond donors (Lipinski definition) is 1. The summed E-state index contributed by atoms with van der Waals surface area (Å²) in [6, 6.07) is 0. The Morgan fingerprint density at radius 3 is 2.88 bits per heavy atom. The lowest BCUT2D eigenvalue weighted by molar-refractivity contribution is 0.122. The van der Waals surface area contributed by atoms with Gasteiger partial charge in [0, 0.05) is 12.8 Å². The Hall–Kier alpha value is -0.880. The fraction of sp³-hybridized carbons (Fsp3) is 0.600. The molecule has 1 rings (SSSR count). The molecule has 5 nitrogen and oxygen atoms in total. The Kier molecular flexibility index (Phi) is 5.48. The van der Waals surface area contributed by atoms with E-state index in [1.165, 1.54) is 6.20 Å². The van der Waals surface area contributed by atoms with Crippen LogP contribution in [0.25, 0.3) is 0 Å². The summed E-state index contributed by atoms with van der Waals surface area (Å²) in [7, 11) is 0. The van der Waals surface area contributed by atoms with E-state index < -0.39 is 5.69 Å². The van der Waals surface area contributed by atoms with Crippen molar-refractivity contribution in [1.82, 2.24) is 9.55 Å². The molecule has 0 fully saturated rings. The van der Waals surface area contributed by atoms with E-state index in [2.05, 4.69) is 27.8 Å². The Morgan fingerprint density at radius 1 is 1.44 bits per heavy atom. The lowest BCUT2D eigenvalue weighted by Gasteiger charge is -2.05. The number of hydrogen-bond acceptors (Lipinski definition) is 3.